The molecule has 2 fully saturated rings. The average Bonchev–Trinajstić information content (AvgIpc) is 3.56. The van der Waals surface area contributed by atoms with E-state index in [0.29, 0.717) is 24.5 Å². The molecule has 37 heavy (non-hydrogen) atoms. The van der Waals surface area contributed by atoms with Gasteiger partial charge in [-0.25, -0.2) is 9.78 Å². The molecule has 4 heterocycles. The summed E-state index contributed by atoms with van der Waals surface area (Å²) < 4.78 is 21.6. The van der Waals surface area contributed by atoms with Crippen molar-refractivity contribution in [3.63, 3.8) is 0 Å². The van der Waals surface area contributed by atoms with E-state index in [1.807, 2.05) is 0 Å². The van der Waals surface area contributed by atoms with E-state index in [4.69, 9.17) is 21.1 Å². The highest BCUT2D eigenvalue weighted by Crippen LogP contribution is 2.33. The third-order valence-corrected chi connectivity index (χ3v) is 6.16. The maximum absolute atomic E-state index is 12.4. The predicted molar refractivity (Wildman–Crippen MR) is 124 cm³/mol. The van der Waals surface area contributed by atoms with Crippen LogP contribution in [0.1, 0.15) is 26.0 Å². The van der Waals surface area contributed by atoms with E-state index in [9.17, 15) is 24.9 Å². The first kappa shape index (κ1) is 27.2. The summed E-state index contributed by atoms with van der Waals surface area (Å²) in [4.78, 5) is 37.6. The largest absolute Gasteiger partial charge is 0.510 e. The number of fused-ring (bicyclic) bond motifs is 1. The molecule has 0 aromatic carbocycles. The molecule has 203 valence electrons. The van der Waals surface area contributed by atoms with E-state index in [1.165, 1.54) is 17.9 Å². The fourth-order valence-electron chi connectivity index (χ4n) is 4.10. The smallest absolute Gasteiger partial charge is 0.435 e. The Morgan fingerprint density at radius 1 is 1.35 bits per heavy atom. The summed E-state index contributed by atoms with van der Waals surface area (Å²) in [5.41, 5.74) is 0.661. The van der Waals surface area contributed by atoms with Crippen molar-refractivity contribution in [1.29, 1.82) is 0 Å². The van der Waals surface area contributed by atoms with Gasteiger partial charge >= 0.3 is 6.16 Å². The van der Waals surface area contributed by atoms with Crippen molar-refractivity contribution in [2.24, 2.45) is 0 Å². The molecule has 2 aromatic rings. The number of aliphatic hydroxyl groups is 2. The Balaban J connectivity index is 1.43. The molecule has 0 spiro atoms. The van der Waals surface area contributed by atoms with Crippen LogP contribution in [0.2, 0.25) is 5.28 Å². The van der Waals surface area contributed by atoms with Gasteiger partial charge in [0.05, 0.1) is 32.0 Å². The molecule has 2 aromatic heterocycles. The number of imidazole rings is 1. The van der Waals surface area contributed by atoms with Gasteiger partial charge in [-0.05, 0) is 24.9 Å². The number of anilines is 1. The second-order valence-corrected chi connectivity index (χ2v) is 8.96. The van der Waals surface area contributed by atoms with Crippen LogP contribution in [0.4, 0.5) is 10.6 Å². The Kier molecular flexibility index (Phi) is 8.61. The van der Waals surface area contributed by atoms with Crippen LogP contribution in [-0.2, 0) is 28.8 Å². The van der Waals surface area contributed by atoms with E-state index in [0.717, 1.165) is 11.3 Å². The summed E-state index contributed by atoms with van der Waals surface area (Å²) in [5.74, 6) is -0.256. The first-order valence-electron chi connectivity index (χ1n) is 11.7. The number of ether oxygens (including phenoxy) is 4. The van der Waals surface area contributed by atoms with Crippen molar-refractivity contribution in [3.8, 4) is 0 Å². The number of halogens is 1. The predicted octanol–water partition coefficient (Wildman–Crippen LogP) is 0.0779. The zero-order valence-corrected chi connectivity index (χ0v) is 20.9. The monoisotopic (exact) mass is 543 g/mol. The number of nitrogens with one attached hydrogen (secondary N) is 1. The topological polar surface area (TPSA) is 190 Å². The van der Waals surface area contributed by atoms with Gasteiger partial charge in [-0.15, -0.1) is 0 Å². The van der Waals surface area contributed by atoms with Gasteiger partial charge < -0.3 is 39.4 Å². The summed E-state index contributed by atoms with van der Waals surface area (Å²) >= 11 is 6.14. The van der Waals surface area contributed by atoms with Crippen LogP contribution in [0.5, 0.6) is 0 Å². The Bertz CT molecular complexity index is 1110. The van der Waals surface area contributed by atoms with E-state index >= 15 is 0 Å². The highest BCUT2D eigenvalue weighted by Gasteiger charge is 2.45. The molecule has 2 saturated heterocycles. The van der Waals surface area contributed by atoms with Crippen LogP contribution in [-0.4, -0.2) is 111 Å². The molecule has 1 unspecified atom stereocenters. The molecule has 1 radical (unpaired) electrons. The Morgan fingerprint density at radius 3 is 2.84 bits per heavy atom. The Morgan fingerprint density at radius 2 is 2.14 bits per heavy atom. The molecule has 4 rings (SSSR count). The van der Waals surface area contributed by atoms with Gasteiger partial charge in [-0.3, -0.25) is 9.36 Å². The Hall–Kier alpha value is -2.82. The molecule has 16 heteroatoms. The summed E-state index contributed by atoms with van der Waals surface area (Å²) in [5, 5.41) is 36.3. The van der Waals surface area contributed by atoms with E-state index in [2.05, 4.69) is 29.7 Å². The molecule has 15 nitrogen and oxygen atoms in total. The molecule has 3 N–H and O–H groups in total. The molecule has 0 aliphatic carbocycles. The lowest BCUT2D eigenvalue weighted by Crippen LogP contribution is -2.41. The maximum Gasteiger partial charge on any atom is 0.510 e. The maximum atomic E-state index is 12.4. The van der Waals surface area contributed by atoms with Gasteiger partial charge in [0.2, 0.25) is 17.5 Å². The summed E-state index contributed by atoms with van der Waals surface area (Å²) in [6, 6.07) is 0.0309. The number of hydrogen-bond donors (Lipinski definition) is 3. The van der Waals surface area contributed by atoms with Crippen molar-refractivity contribution < 1.29 is 43.9 Å². The quantitative estimate of drug-likeness (QED) is 0.219. The SMILES string of the molecule is CCOC(=O)OC([O])CC(=O)N(C)C[C@H]1O[C@@H](n2cnc3c(N[C@H]4CCOC4)nc(Cl)nc32)[C@H](O)[C@@H]1O. The molecule has 0 saturated carbocycles. The lowest BCUT2D eigenvalue weighted by Gasteiger charge is -2.23. The minimum absolute atomic E-state index is 0.0253. The number of aromatic nitrogens is 4. The second-order valence-electron chi connectivity index (χ2n) is 8.63. The van der Waals surface area contributed by atoms with Crippen molar-refractivity contribution >= 4 is 40.6 Å². The lowest BCUT2D eigenvalue weighted by molar-refractivity contribution is -0.152. The average molecular weight is 544 g/mol. The summed E-state index contributed by atoms with van der Waals surface area (Å²) in [7, 11) is 1.39. The fraction of sp³-hybridized carbons (Fsp3) is 0.667. The number of nitrogens with zero attached hydrogens (tertiary/aromatic N) is 5. The molecule has 2 aliphatic heterocycles. The number of likely N-dealkylation sites (N-methyl/N-ethyl adjacent to an activating group) is 1. The number of hydrogen-bond acceptors (Lipinski definition) is 12. The van der Waals surface area contributed by atoms with Crippen molar-refractivity contribution in [2.45, 2.75) is 56.6 Å². The fourth-order valence-corrected chi connectivity index (χ4v) is 4.26. The van der Waals surface area contributed by atoms with E-state index < -0.39 is 49.3 Å². The van der Waals surface area contributed by atoms with Crippen LogP contribution in [0.3, 0.4) is 0 Å². The van der Waals surface area contributed by atoms with Crippen LogP contribution >= 0.6 is 11.6 Å². The van der Waals surface area contributed by atoms with Crippen LogP contribution in [0, 0.1) is 0 Å². The van der Waals surface area contributed by atoms with Gasteiger partial charge in [-0.1, -0.05) is 0 Å². The van der Waals surface area contributed by atoms with E-state index in [1.54, 1.807) is 6.92 Å². The van der Waals surface area contributed by atoms with Gasteiger partial charge in [0, 0.05) is 20.2 Å². The third kappa shape index (κ3) is 6.19. The van der Waals surface area contributed by atoms with Gasteiger partial charge in [0.25, 0.3) is 0 Å². The molecular weight excluding hydrogens is 516 g/mol. The minimum atomic E-state index is -1.96. The minimum Gasteiger partial charge on any atom is -0.435 e. The van der Waals surface area contributed by atoms with Crippen molar-refractivity contribution in [3.05, 3.63) is 11.6 Å². The molecule has 0 bridgehead atoms. The number of aliphatic hydroxyl groups excluding tert-OH is 2. The van der Waals surface area contributed by atoms with Crippen LogP contribution < -0.4 is 5.32 Å². The zero-order valence-electron chi connectivity index (χ0n) is 20.2. The lowest BCUT2D eigenvalue weighted by atomic mass is 10.1. The highest BCUT2D eigenvalue weighted by molar-refractivity contribution is 6.28. The first-order valence-corrected chi connectivity index (χ1v) is 12.0. The summed E-state index contributed by atoms with van der Waals surface area (Å²) in [6.45, 7) is 2.55. The molecule has 2 aliphatic rings. The molecular formula is C21H28ClN6O9. The summed E-state index contributed by atoms with van der Waals surface area (Å²) in [6.07, 6.45) is -6.45. The highest BCUT2D eigenvalue weighted by atomic mass is 35.5. The first-order chi connectivity index (χ1) is 17.7. The number of rotatable bonds is 9. The standard InChI is InChI=1S/C21H28ClN6O9/c1-3-35-21(33)37-13(30)6-12(29)27(2)7-11-15(31)16(32)19(36-11)28-9-23-14-17(24-10-4-5-34-8-10)25-20(22)26-18(14)28/h9-11,13,15-16,19,31-32H,3-8H2,1-2H3,(H,24,25,26)/t10-,11+,13?,15+,16+,19+/m0/s1. The number of carbonyl (C=O) groups excluding carboxylic acids is 2. The van der Waals surface area contributed by atoms with Crippen molar-refractivity contribution in [1.82, 2.24) is 24.4 Å². The van der Waals surface area contributed by atoms with Gasteiger partial charge in [0.15, 0.2) is 23.2 Å². The van der Waals surface area contributed by atoms with Gasteiger partial charge in [0.1, 0.15) is 18.3 Å². The molecule has 1 amide bonds. The van der Waals surface area contributed by atoms with Crippen molar-refractivity contribution in [2.75, 3.05) is 38.7 Å². The normalized spacial score (nSPS) is 26.3. The zero-order chi connectivity index (χ0) is 26.7. The third-order valence-electron chi connectivity index (χ3n) is 5.99. The molecule has 6 atom stereocenters. The second kappa shape index (κ2) is 11.7. The van der Waals surface area contributed by atoms with Crippen LogP contribution in [0.25, 0.3) is 11.2 Å². The number of carbonyl (C=O) groups is 2. The number of amides is 1. The van der Waals surface area contributed by atoms with Crippen LogP contribution in [0.15, 0.2) is 6.33 Å². The Labute approximate surface area is 216 Å². The van der Waals surface area contributed by atoms with Gasteiger partial charge in [-0.2, -0.15) is 15.1 Å². The van der Waals surface area contributed by atoms with E-state index in [-0.39, 0.29) is 30.1 Å².